The second-order valence-electron chi connectivity index (χ2n) is 4.85. The van der Waals surface area contributed by atoms with Crippen LogP contribution >= 0.6 is 0 Å². The van der Waals surface area contributed by atoms with Gasteiger partial charge in [-0.3, -0.25) is 0 Å². The Hall–Kier alpha value is -3.02. The number of hydrogen-bond acceptors (Lipinski definition) is 3. The average molecular weight is 297 g/mol. The molecule has 0 spiro atoms. The van der Waals surface area contributed by atoms with Gasteiger partial charge < -0.3 is 5.11 Å². The van der Waals surface area contributed by atoms with Crippen molar-refractivity contribution in [2.24, 2.45) is 0 Å². The molecule has 3 rings (SSSR count). The van der Waals surface area contributed by atoms with Crippen LogP contribution in [0.4, 0.5) is 4.39 Å². The topological polar surface area (TPSA) is 68.0 Å². The van der Waals surface area contributed by atoms with Crippen molar-refractivity contribution < 1.29 is 14.3 Å². The van der Waals surface area contributed by atoms with E-state index in [0.717, 1.165) is 5.56 Å². The number of aryl methyl sites for hydroxylation is 1. The van der Waals surface area contributed by atoms with Crippen molar-refractivity contribution in [1.29, 1.82) is 0 Å². The van der Waals surface area contributed by atoms with E-state index in [0.29, 0.717) is 16.9 Å². The quantitative estimate of drug-likeness (QED) is 0.806. The molecule has 3 aromatic rings. The Morgan fingerprint density at radius 1 is 1.18 bits per heavy atom. The number of carboxylic acids is 1. The van der Waals surface area contributed by atoms with Gasteiger partial charge >= 0.3 is 5.97 Å². The van der Waals surface area contributed by atoms with E-state index in [9.17, 15) is 14.3 Å². The van der Waals surface area contributed by atoms with Gasteiger partial charge in [-0.05, 0) is 37.3 Å². The van der Waals surface area contributed by atoms with Gasteiger partial charge in [0.15, 0.2) is 5.69 Å². The Morgan fingerprint density at radius 2 is 1.91 bits per heavy atom. The first kappa shape index (κ1) is 13.9. The second kappa shape index (κ2) is 5.40. The molecule has 0 amide bonds. The van der Waals surface area contributed by atoms with Crippen LogP contribution in [0.25, 0.3) is 16.9 Å². The van der Waals surface area contributed by atoms with Crippen LogP contribution in [-0.4, -0.2) is 26.1 Å². The number of rotatable bonds is 3. The number of halogens is 1. The van der Waals surface area contributed by atoms with Gasteiger partial charge in [-0.25, -0.2) is 13.9 Å². The fourth-order valence-electron chi connectivity index (χ4n) is 2.24. The van der Waals surface area contributed by atoms with Crippen molar-refractivity contribution in [3.8, 4) is 16.9 Å². The number of carboxylic acid groups (broad SMARTS) is 1. The zero-order valence-corrected chi connectivity index (χ0v) is 11.7. The Labute approximate surface area is 125 Å². The van der Waals surface area contributed by atoms with Crippen LogP contribution in [0.3, 0.4) is 0 Å². The Kier molecular flexibility index (Phi) is 3.42. The van der Waals surface area contributed by atoms with Gasteiger partial charge in [0.25, 0.3) is 0 Å². The Bertz CT molecular complexity index is 841. The van der Waals surface area contributed by atoms with E-state index in [2.05, 4.69) is 10.3 Å². The summed E-state index contributed by atoms with van der Waals surface area (Å²) in [5, 5.41) is 17.0. The normalized spacial score (nSPS) is 10.6. The second-order valence-corrected chi connectivity index (χ2v) is 4.85. The maximum Gasteiger partial charge on any atom is 0.358 e. The van der Waals surface area contributed by atoms with E-state index < -0.39 is 5.97 Å². The van der Waals surface area contributed by atoms with E-state index in [1.807, 2.05) is 25.1 Å². The number of aromatic carboxylic acids is 1. The van der Waals surface area contributed by atoms with Crippen LogP contribution in [0, 0.1) is 12.7 Å². The molecule has 0 radical (unpaired) electrons. The van der Waals surface area contributed by atoms with E-state index in [-0.39, 0.29) is 11.5 Å². The minimum atomic E-state index is -1.16. The van der Waals surface area contributed by atoms with E-state index in [1.165, 1.54) is 28.9 Å². The summed E-state index contributed by atoms with van der Waals surface area (Å²) in [6.07, 6.45) is 0. The molecular weight excluding hydrogens is 285 g/mol. The highest BCUT2D eigenvalue weighted by atomic mass is 19.1. The fourth-order valence-corrected chi connectivity index (χ4v) is 2.24. The van der Waals surface area contributed by atoms with E-state index >= 15 is 0 Å². The van der Waals surface area contributed by atoms with Gasteiger partial charge in [0.2, 0.25) is 0 Å². The first-order valence-electron chi connectivity index (χ1n) is 6.58. The van der Waals surface area contributed by atoms with Crippen LogP contribution in [-0.2, 0) is 0 Å². The first-order chi connectivity index (χ1) is 10.6. The van der Waals surface area contributed by atoms with Gasteiger partial charge in [-0.15, -0.1) is 5.10 Å². The number of aromatic nitrogens is 3. The number of nitrogens with zero attached hydrogens (tertiary/aromatic N) is 3. The lowest BCUT2D eigenvalue weighted by molar-refractivity contribution is 0.0691. The van der Waals surface area contributed by atoms with Crippen molar-refractivity contribution in [2.45, 2.75) is 6.92 Å². The molecule has 22 heavy (non-hydrogen) atoms. The van der Waals surface area contributed by atoms with Gasteiger partial charge in [0.05, 0.1) is 5.69 Å². The highest BCUT2D eigenvalue weighted by Crippen LogP contribution is 2.26. The van der Waals surface area contributed by atoms with Crippen molar-refractivity contribution >= 4 is 5.97 Å². The number of carbonyl (C=O) groups is 1. The molecule has 0 saturated carbocycles. The number of hydrogen-bond donors (Lipinski definition) is 1. The monoisotopic (exact) mass is 297 g/mol. The highest BCUT2D eigenvalue weighted by molar-refractivity contribution is 5.93. The molecule has 1 aromatic heterocycles. The van der Waals surface area contributed by atoms with E-state index in [1.54, 1.807) is 6.07 Å². The van der Waals surface area contributed by atoms with Crippen molar-refractivity contribution in [3.05, 3.63) is 65.6 Å². The lowest BCUT2D eigenvalue weighted by Crippen LogP contribution is -2.03. The van der Waals surface area contributed by atoms with Gasteiger partial charge in [0.1, 0.15) is 11.5 Å². The molecule has 110 valence electrons. The maximum atomic E-state index is 13.1. The molecule has 0 aliphatic heterocycles. The number of benzene rings is 2. The molecule has 6 heteroatoms. The highest BCUT2D eigenvalue weighted by Gasteiger charge is 2.21. The molecule has 1 heterocycles. The van der Waals surface area contributed by atoms with Crippen LogP contribution < -0.4 is 0 Å². The van der Waals surface area contributed by atoms with Crippen LogP contribution in [0.1, 0.15) is 16.1 Å². The third-order valence-electron chi connectivity index (χ3n) is 3.24. The van der Waals surface area contributed by atoms with Crippen LogP contribution in [0.5, 0.6) is 0 Å². The van der Waals surface area contributed by atoms with Crippen molar-refractivity contribution in [2.75, 3.05) is 0 Å². The van der Waals surface area contributed by atoms with Gasteiger partial charge in [-0.1, -0.05) is 29.0 Å². The van der Waals surface area contributed by atoms with Crippen molar-refractivity contribution in [3.63, 3.8) is 0 Å². The molecule has 0 saturated heterocycles. The third kappa shape index (κ3) is 2.46. The lowest BCUT2D eigenvalue weighted by atomic mass is 10.1. The molecule has 0 atom stereocenters. The molecule has 1 N–H and O–H groups in total. The molecule has 0 bridgehead atoms. The van der Waals surface area contributed by atoms with Crippen molar-refractivity contribution in [1.82, 2.24) is 15.0 Å². The molecule has 2 aromatic carbocycles. The Morgan fingerprint density at radius 3 is 2.55 bits per heavy atom. The summed E-state index contributed by atoms with van der Waals surface area (Å²) < 4.78 is 14.5. The molecule has 0 fully saturated rings. The third-order valence-corrected chi connectivity index (χ3v) is 3.24. The molecular formula is C16H12FN3O2. The van der Waals surface area contributed by atoms with E-state index in [4.69, 9.17) is 0 Å². The summed E-state index contributed by atoms with van der Waals surface area (Å²) in [6, 6.07) is 13.0. The smallest absolute Gasteiger partial charge is 0.358 e. The molecule has 0 aliphatic carbocycles. The summed E-state index contributed by atoms with van der Waals surface area (Å²) in [5.74, 6) is -1.54. The predicted octanol–water partition coefficient (Wildman–Crippen LogP) is 3.08. The van der Waals surface area contributed by atoms with Crippen LogP contribution in [0.15, 0.2) is 48.5 Å². The minimum absolute atomic E-state index is 0.144. The fraction of sp³-hybridized carbons (Fsp3) is 0.0625. The predicted molar refractivity (Wildman–Crippen MR) is 78.4 cm³/mol. The SMILES string of the molecule is Cc1cccc(-c2c(C(=O)O)nnn2-c2ccc(F)cc2)c1. The molecule has 0 aliphatic rings. The standard InChI is InChI=1S/C16H12FN3O2/c1-10-3-2-4-11(9-10)15-14(16(21)22)18-19-20(15)13-7-5-12(17)6-8-13/h2-9H,1H3,(H,21,22). The first-order valence-corrected chi connectivity index (χ1v) is 6.58. The lowest BCUT2D eigenvalue weighted by Gasteiger charge is -2.08. The summed E-state index contributed by atoms with van der Waals surface area (Å²) >= 11 is 0. The average Bonchev–Trinajstić information content (AvgIpc) is 2.93. The molecule has 0 unspecified atom stereocenters. The largest absolute Gasteiger partial charge is 0.476 e. The summed E-state index contributed by atoms with van der Waals surface area (Å²) in [6.45, 7) is 1.91. The minimum Gasteiger partial charge on any atom is -0.476 e. The zero-order chi connectivity index (χ0) is 15.7. The summed E-state index contributed by atoms with van der Waals surface area (Å²) in [7, 11) is 0. The maximum absolute atomic E-state index is 13.1. The molecule has 5 nitrogen and oxygen atoms in total. The Balaban J connectivity index is 2.24. The van der Waals surface area contributed by atoms with Gasteiger partial charge in [0, 0.05) is 5.56 Å². The summed E-state index contributed by atoms with van der Waals surface area (Å²) in [5.41, 5.74) is 2.43. The zero-order valence-electron chi connectivity index (χ0n) is 11.7. The van der Waals surface area contributed by atoms with Crippen LogP contribution in [0.2, 0.25) is 0 Å². The van der Waals surface area contributed by atoms with Gasteiger partial charge in [-0.2, -0.15) is 0 Å². The summed E-state index contributed by atoms with van der Waals surface area (Å²) in [4.78, 5) is 11.4.